The van der Waals surface area contributed by atoms with Gasteiger partial charge in [-0.3, -0.25) is 0 Å². The molecule has 7 nitrogen and oxygen atoms in total. The molecule has 6 N–H and O–H groups in total. The molecule has 1 rings (SSSR count). The maximum Gasteiger partial charge on any atom is 0.244 e. The van der Waals surface area contributed by atoms with Gasteiger partial charge in [0.2, 0.25) is 10.0 Å². The van der Waals surface area contributed by atoms with Crippen molar-refractivity contribution in [1.29, 1.82) is 0 Å². The average molecular weight is 312 g/mol. The Morgan fingerprint density at radius 2 is 1.65 bits per heavy atom. The summed E-state index contributed by atoms with van der Waals surface area (Å²) in [4.78, 5) is -0.962. The number of halogens is 2. The van der Waals surface area contributed by atoms with Crippen molar-refractivity contribution in [2.45, 2.75) is 10.4 Å². The number of nitrogen functional groups attached to an aromatic ring is 1. The van der Waals surface area contributed by atoms with Gasteiger partial charge in [-0.2, -0.15) is 4.72 Å². The van der Waals surface area contributed by atoms with E-state index in [1.54, 1.807) is 4.72 Å². The molecule has 10 heteroatoms. The number of sulfonamides is 1. The SMILES string of the molecule is Nc1c(F)ccc(S(=O)(=O)NC(CO)(CO)CO)c1F. The van der Waals surface area contributed by atoms with E-state index in [4.69, 9.17) is 21.1 Å². The fraction of sp³-hybridized carbons (Fsp3) is 0.400. The first kappa shape index (κ1) is 16.7. The normalized spacial score (nSPS) is 12.7. The summed E-state index contributed by atoms with van der Waals surface area (Å²) in [7, 11) is -4.58. The minimum atomic E-state index is -4.58. The molecule has 0 fully saturated rings. The van der Waals surface area contributed by atoms with E-state index in [-0.39, 0.29) is 0 Å². The Morgan fingerprint density at radius 1 is 1.15 bits per heavy atom. The first-order chi connectivity index (χ1) is 9.23. The number of aliphatic hydroxyl groups excluding tert-OH is 3. The number of nitrogens with one attached hydrogen (secondary N) is 1. The van der Waals surface area contributed by atoms with Crippen LogP contribution in [0.1, 0.15) is 0 Å². The second-order valence-electron chi connectivity index (χ2n) is 4.13. The molecule has 0 saturated carbocycles. The van der Waals surface area contributed by atoms with Gasteiger partial charge in [-0.15, -0.1) is 0 Å². The number of hydrogen-bond acceptors (Lipinski definition) is 6. The maximum absolute atomic E-state index is 13.7. The molecule has 114 valence electrons. The van der Waals surface area contributed by atoms with Crippen molar-refractivity contribution in [3.63, 3.8) is 0 Å². The summed E-state index contributed by atoms with van der Waals surface area (Å²) in [5, 5.41) is 27.1. The number of anilines is 1. The average Bonchev–Trinajstić information content (AvgIpc) is 2.42. The lowest BCUT2D eigenvalue weighted by Gasteiger charge is -2.28. The standard InChI is InChI=1S/C10H14F2N2O5S/c11-6-1-2-7(8(12)9(6)13)20(18,19)14-10(3-15,4-16)5-17/h1-2,14-17H,3-5,13H2. The van der Waals surface area contributed by atoms with Crippen LogP contribution in [-0.2, 0) is 10.0 Å². The van der Waals surface area contributed by atoms with Gasteiger partial charge in [-0.1, -0.05) is 0 Å². The second-order valence-corrected chi connectivity index (χ2v) is 5.78. The molecule has 20 heavy (non-hydrogen) atoms. The number of benzene rings is 1. The van der Waals surface area contributed by atoms with Gasteiger partial charge in [-0.25, -0.2) is 17.2 Å². The third-order valence-electron chi connectivity index (χ3n) is 2.64. The monoisotopic (exact) mass is 312 g/mol. The third kappa shape index (κ3) is 3.04. The Balaban J connectivity index is 3.28. The van der Waals surface area contributed by atoms with Crippen molar-refractivity contribution in [2.75, 3.05) is 25.6 Å². The highest BCUT2D eigenvalue weighted by Gasteiger charge is 2.35. The Morgan fingerprint density at radius 3 is 2.10 bits per heavy atom. The molecule has 0 spiro atoms. The van der Waals surface area contributed by atoms with Crippen molar-refractivity contribution in [2.24, 2.45) is 0 Å². The van der Waals surface area contributed by atoms with E-state index in [2.05, 4.69) is 0 Å². The fourth-order valence-corrected chi connectivity index (χ4v) is 2.81. The van der Waals surface area contributed by atoms with E-state index in [0.717, 1.165) is 0 Å². The van der Waals surface area contributed by atoms with Crippen molar-refractivity contribution >= 4 is 15.7 Å². The first-order valence-corrected chi connectivity index (χ1v) is 6.81. The van der Waals surface area contributed by atoms with Crippen LogP contribution in [0.2, 0.25) is 0 Å². The zero-order valence-electron chi connectivity index (χ0n) is 10.2. The fourth-order valence-electron chi connectivity index (χ4n) is 1.34. The minimum Gasteiger partial charge on any atom is -0.394 e. The summed E-state index contributed by atoms with van der Waals surface area (Å²) in [5.74, 6) is -2.63. The van der Waals surface area contributed by atoms with Crippen LogP contribution in [0.3, 0.4) is 0 Å². The number of hydrogen-bond donors (Lipinski definition) is 5. The van der Waals surface area contributed by atoms with E-state index < -0.39 is 57.6 Å². The zero-order chi connectivity index (χ0) is 15.6. The van der Waals surface area contributed by atoms with E-state index >= 15 is 0 Å². The lowest BCUT2D eigenvalue weighted by molar-refractivity contribution is 0.0581. The summed E-state index contributed by atoms with van der Waals surface area (Å²) < 4.78 is 52.3. The topological polar surface area (TPSA) is 133 Å². The highest BCUT2D eigenvalue weighted by Crippen LogP contribution is 2.23. The summed E-state index contributed by atoms with van der Waals surface area (Å²) in [6.45, 7) is -2.80. The lowest BCUT2D eigenvalue weighted by atomic mass is 10.1. The van der Waals surface area contributed by atoms with E-state index in [0.29, 0.717) is 12.1 Å². The molecular weight excluding hydrogens is 298 g/mol. The Labute approximate surface area is 113 Å². The van der Waals surface area contributed by atoms with E-state index in [1.807, 2.05) is 0 Å². The molecule has 0 saturated heterocycles. The van der Waals surface area contributed by atoms with Crippen molar-refractivity contribution in [3.8, 4) is 0 Å². The Bertz CT molecular complexity index is 581. The van der Waals surface area contributed by atoms with Crippen molar-refractivity contribution in [3.05, 3.63) is 23.8 Å². The van der Waals surface area contributed by atoms with Crippen LogP contribution in [-0.4, -0.2) is 49.1 Å². The maximum atomic E-state index is 13.7. The smallest absolute Gasteiger partial charge is 0.244 e. The highest BCUT2D eigenvalue weighted by molar-refractivity contribution is 7.89. The largest absolute Gasteiger partial charge is 0.394 e. The molecule has 0 aliphatic carbocycles. The summed E-state index contributed by atoms with van der Waals surface area (Å²) >= 11 is 0. The van der Waals surface area contributed by atoms with Gasteiger partial charge >= 0.3 is 0 Å². The van der Waals surface area contributed by atoms with Gasteiger partial charge in [0.25, 0.3) is 0 Å². The molecule has 0 bridgehead atoms. The van der Waals surface area contributed by atoms with Crippen molar-refractivity contribution < 1.29 is 32.5 Å². The lowest BCUT2D eigenvalue weighted by Crippen LogP contribution is -2.56. The molecule has 1 aromatic rings. The van der Waals surface area contributed by atoms with Gasteiger partial charge in [0, 0.05) is 0 Å². The minimum absolute atomic E-state index is 0.639. The molecule has 0 aliphatic heterocycles. The molecular formula is C10H14F2N2O5S. The predicted molar refractivity (Wildman–Crippen MR) is 65.1 cm³/mol. The van der Waals surface area contributed by atoms with Crippen molar-refractivity contribution in [1.82, 2.24) is 4.72 Å². The van der Waals surface area contributed by atoms with Gasteiger partial charge in [-0.05, 0) is 12.1 Å². The van der Waals surface area contributed by atoms with Crippen LogP contribution in [0, 0.1) is 11.6 Å². The summed E-state index contributed by atoms with van der Waals surface area (Å²) in [5.41, 5.74) is 2.10. The van der Waals surface area contributed by atoms with Gasteiger partial charge < -0.3 is 21.1 Å². The molecule has 1 aromatic carbocycles. The molecule has 0 unspecified atom stereocenters. The van der Waals surface area contributed by atoms with Crippen LogP contribution in [0.5, 0.6) is 0 Å². The zero-order valence-corrected chi connectivity index (χ0v) is 11.0. The summed E-state index contributed by atoms with van der Waals surface area (Å²) in [6, 6.07) is 1.30. The Kier molecular flexibility index (Phi) is 5.00. The van der Waals surface area contributed by atoms with E-state index in [1.165, 1.54) is 0 Å². The molecule has 0 heterocycles. The number of rotatable bonds is 6. The van der Waals surface area contributed by atoms with Gasteiger partial charge in [0.15, 0.2) is 5.82 Å². The van der Waals surface area contributed by atoms with Crippen LogP contribution < -0.4 is 10.5 Å². The highest BCUT2D eigenvalue weighted by atomic mass is 32.2. The molecule has 0 aromatic heterocycles. The van der Waals surface area contributed by atoms with Gasteiger partial charge in [0.1, 0.15) is 21.9 Å². The van der Waals surface area contributed by atoms with Crippen LogP contribution in [0.15, 0.2) is 17.0 Å². The second kappa shape index (κ2) is 5.97. The van der Waals surface area contributed by atoms with Crippen LogP contribution in [0.4, 0.5) is 14.5 Å². The van der Waals surface area contributed by atoms with Crippen LogP contribution in [0.25, 0.3) is 0 Å². The van der Waals surface area contributed by atoms with Crippen LogP contribution >= 0.6 is 0 Å². The number of nitrogens with two attached hydrogens (primary N) is 1. The molecule has 0 radical (unpaired) electrons. The first-order valence-electron chi connectivity index (χ1n) is 5.33. The molecule has 0 amide bonds. The van der Waals surface area contributed by atoms with Gasteiger partial charge in [0.05, 0.1) is 19.8 Å². The number of aliphatic hydroxyl groups is 3. The Hall–Kier alpha value is -1.33. The third-order valence-corrected chi connectivity index (χ3v) is 4.24. The quantitative estimate of drug-likeness (QED) is 0.408. The molecule has 0 aliphatic rings. The predicted octanol–water partition coefficient (Wildman–Crippen LogP) is -1.46. The van der Waals surface area contributed by atoms with E-state index in [9.17, 15) is 17.2 Å². The summed E-state index contributed by atoms with van der Waals surface area (Å²) in [6.07, 6.45) is 0. The molecule has 0 atom stereocenters.